The maximum Gasteiger partial charge on any atom is 0.0284 e. The summed E-state index contributed by atoms with van der Waals surface area (Å²) in [6.45, 7) is 17.4. The fourth-order valence-corrected chi connectivity index (χ4v) is 6.34. The summed E-state index contributed by atoms with van der Waals surface area (Å²) < 4.78 is 0. The molecule has 0 aliphatic heterocycles. The van der Waals surface area contributed by atoms with E-state index in [1.54, 1.807) is 0 Å². The maximum absolute atomic E-state index is 3.58. The average Bonchev–Trinajstić information content (AvgIpc) is 3.18. The lowest BCUT2D eigenvalue weighted by molar-refractivity contribution is 1.08. The number of hydrogen-bond acceptors (Lipinski definition) is 0. The van der Waals surface area contributed by atoms with Crippen molar-refractivity contribution in [2.45, 2.75) is 93.9 Å². The van der Waals surface area contributed by atoms with Gasteiger partial charge in [0.05, 0.1) is 0 Å². The summed E-state index contributed by atoms with van der Waals surface area (Å²) in [7, 11) is 0. The van der Waals surface area contributed by atoms with Crippen LogP contribution >= 0.6 is 0 Å². The maximum atomic E-state index is 3.58. The van der Waals surface area contributed by atoms with Gasteiger partial charge in [-0.05, 0) is 146 Å². The van der Waals surface area contributed by atoms with Gasteiger partial charge in [0.25, 0.3) is 0 Å². The van der Waals surface area contributed by atoms with Crippen molar-refractivity contribution in [3.8, 4) is 47.4 Å². The second-order valence-electron chi connectivity index (χ2n) is 13.4. The Hall–Kier alpha value is -5.66. The van der Waals surface area contributed by atoms with Crippen LogP contribution in [0.2, 0.25) is 0 Å². The zero-order valence-corrected chi connectivity index (χ0v) is 32.3. The van der Waals surface area contributed by atoms with Gasteiger partial charge in [-0.3, -0.25) is 0 Å². The van der Waals surface area contributed by atoms with Gasteiger partial charge in [0.2, 0.25) is 0 Å². The highest BCUT2D eigenvalue weighted by Crippen LogP contribution is 2.22. The van der Waals surface area contributed by atoms with E-state index in [1.807, 2.05) is 0 Å². The molecule has 0 unspecified atom stereocenters. The molecule has 0 heteroatoms. The topological polar surface area (TPSA) is 0 Å². The molecule has 0 amide bonds. The molecule has 5 rings (SSSR count). The molecule has 5 aromatic rings. The Bertz CT molecular complexity index is 2150. The SMILES string of the molecule is CCc1cc(C#Cc2cc(CC)c(C#Cc3cc(CC)c(C#Cc4ccc(C)cc4)cc3CC)cc2CC)c(CC)cc1C#Cc1ccc(C)cc1. The second kappa shape index (κ2) is 18.0. The Morgan fingerprint density at radius 2 is 0.481 bits per heavy atom. The van der Waals surface area contributed by atoms with Gasteiger partial charge in [-0.1, -0.05) is 124 Å². The summed E-state index contributed by atoms with van der Waals surface area (Å²) >= 11 is 0. The van der Waals surface area contributed by atoms with Gasteiger partial charge in [-0.25, -0.2) is 0 Å². The van der Waals surface area contributed by atoms with Crippen molar-refractivity contribution < 1.29 is 0 Å². The summed E-state index contributed by atoms with van der Waals surface area (Å²) in [6.07, 6.45) is 5.42. The number of aryl methyl sites for hydroxylation is 8. The van der Waals surface area contributed by atoms with Crippen LogP contribution in [0.25, 0.3) is 0 Å². The van der Waals surface area contributed by atoms with Gasteiger partial charge in [0.1, 0.15) is 0 Å². The van der Waals surface area contributed by atoms with Crippen LogP contribution in [-0.4, -0.2) is 0 Å². The standard InChI is InChI=1S/C52H50/c1-9-41-33-49(43(11-3)31-47(41)25-23-39-19-15-37(7)16-20-39)27-29-51-35-46(14-6)52(36-45(51)13-5)30-28-50-34-42(10-2)48(32-44(50)12-4)26-24-40-21-17-38(8)18-22-40/h15-22,31-36H,9-14H2,1-8H3. The minimum Gasteiger partial charge on any atom is -0.0616 e. The van der Waals surface area contributed by atoms with Gasteiger partial charge in [-0.2, -0.15) is 0 Å². The zero-order valence-electron chi connectivity index (χ0n) is 32.3. The third-order valence-corrected chi connectivity index (χ3v) is 9.72. The lowest BCUT2D eigenvalue weighted by Gasteiger charge is -2.10. The minimum atomic E-state index is 0.894. The molecule has 0 spiro atoms. The highest BCUT2D eigenvalue weighted by atomic mass is 14.1. The first kappa shape index (κ1) is 37.6. The van der Waals surface area contributed by atoms with Crippen molar-refractivity contribution in [3.05, 3.63) is 174 Å². The molecular formula is C52H50. The van der Waals surface area contributed by atoms with Crippen molar-refractivity contribution in [1.82, 2.24) is 0 Å². The van der Waals surface area contributed by atoms with Crippen molar-refractivity contribution in [3.63, 3.8) is 0 Å². The zero-order chi connectivity index (χ0) is 37.0. The van der Waals surface area contributed by atoms with Crippen molar-refractivity contribution in [2.75, 3.05) is 0 Å². The molecule has 0 N–H and O–H groups in total. The van der Waals surface area contributed by atoms with Crippen LogP contribution in [0.15, 0.2) is 84.9 Å². The Morgan fingerprint density at radius 1 is 0.288 bits per heavy atom. The lowest BCUT2D eigenvalue weighted by atomic mass is 9.93. The molecule has 0 saturated carbocycles. The van der Waals surface area contributed by atoms with E-state index >= 15 is 0 Å². The number of rotatable bonds is 6. The van der Waals surface area contributed by atoms with E-state index in [-0.39, 0.29) is 0 Å². The van der Waals surface area contributed by atoms with Gasteiger partial charge in [0.15, 0.2) is 0 Å². The molecule has 0 atom stereocenters. The summed E-state index contributed by atoms with van der Waals surface area (Å²) in [5.41, 5.74) is 18.5. The molecule has 0 heterocycles. The molecule has 0 radical (unpaired) electrons. The van der Waals surface area contributed by atoms with Crippen LogP contribution in [-0.2, 0) is 38.5 Å². The van der Waals surface area contributed by atoms with E-state index in [2.05, 4.69) is 188 Å². The van der Waals surface area contributed by atoms with E-state index in [4.69, 9.17) is 0 Å². The normalized spacial score (nSPS) is 10.2. The van der Waals surface area contributed by atoms with Crippen LogP contribution in [0.4, 0.5) is 0 Å². The first-order valence-electron chi connectivity index (χ1n) is 19.0. The molecule has 0 aliphatic rings. The van der Waals surface area contributed by atoms with Crippen LogP contribution in [0.5, 0.6) is 0 Å². The third-order valence-electron chi connectivity index (χ3n) is 9.72. The van der Waals surface area contributed by atoms with E-state index in [0.717, 1.165) is 83.0 Å². The Morgan fingerprint density at radius 3 is 0.673 bits per heavy atom. The van der Waals surface area contributed by atoms with E-state index in [1.165, 1.54) is 44.5 Å². The predicted molar refractivity (Wildman–Crippen MR) is 222 cm³/mol. The molecule has 258 valence electrons. The van der Waals surface area contributed by atoms with E-state index in [9.17, 15) is 0 Å². The van der Waals surface area contributed by atoms with Crippen LogP contribution in [0.1, 0.15) is 131 Å². The monoisotopic (exact) mass is 674 g/mol. The summed E-state index contributed by atoms with van der Waals surface area (Å²) in [4.78, 5) is 0. The summed E-state index contributed by atoms with van der Waals surface area (Å²) in [6, 6.07) is 30.4. The fraction of sp³-hybridized carbons (Fsp3) is 0.269. The van der Waals surface area contributed by atoms with Crippen LogP contribution in [0.3, 0.4) is 0 Å². The molecular weight excluding hydrogens is 625 g/mol. The Balaban J connectivity index is 1.47. The fourth-order valence-electron chi connectivity index (χ4n) is 6.34. The molecule has 5 aromatic carbocycles. The first-order chi connectivity index (χ1) is 25.3. The predicted octanol–water partition coefficient (Wildman–Crippen LogP) is 11.3. The van der Waals surface area contributed by atoms with Crippen LogP contribution < -0.4 is 0 Å². The van der Waals surface area contributed by atoms with Gasteiger partial charge in [0, 0.05) is 44.5 Å². The van der Waals surface area contributed by atoms with Crippen molar-refractivity contribution in [1.29, 1.82) is 0 Å². The smallest absolute Gasteiger partial charge is 0.0284 e. The molecule has 0 nitrogen and oxygen atoms in total. The average molecular weight is 675 g/mol. The Kier molecular flexibility index (Phi) is 13.0. The van der Waals surface area contributed by atoms with Gasteiger partial charge < -0.3 is 0 Å². The lowest BCUT2D eigenvalue weighted by Crippen LogP contribution is -1.98. The highest BCUT2D eigenvalue weighted by Gasteiger charge is 2.10. The molecule has 0 saturated heterocycles. The molecule has 52 heavy (non-hydrogen) atoms. The molecule has 0 aliphatic carbocycles. The highest BCUT2D eigenvalue weighted by molar-refractivity contribution is 5.60. The van der Waals surface area contributed by atoms with E-state index in [0.29, 0.717) is 0 Å². The number of hydrogen-bond donors (Lipinski definition) is 0. The molecule has 0 aromatic heterocycles. The van der Waals surface area contributed by atoms with E-state index < -0.39 is 0 Å². The molecule has 0 bridgehead atoms. The van der Waals surface area contributed by atoms with Gasteiger partial charge >= 0.3 is 0 Å². The largest absolute Gasteiger partial charge is 0.0616 e. The number of benzene rings is 5. The Labute approximate surface area is 314 Å². The van der Waals surface area contributed by atoms with Gasteiger partial charge in [-0.15, -0.1) is 0 Å². The second-order valence-corrected chi connectivity index (χ2v) is 13.4. The van der Waals surface area contributed by atoms with Crippen LogP contribution in [0, 0.1) is 61.2 Å². The van der Waals surface area contributed by atoms with Crippen molar-refractivity contribution >= 4 is 0 Å². The quantitative estimate of drug-likeness (QED) is 0.157. The minimum absolute atomic E-state index is 0.894. The molecule has 0 fully saturated rings. The first-order valence-corrected chi connectivity index (χ1v) is 19.0. The third kappa shape index (κ3) is 9.36. The van der Waals surface area contributed by atoms with Crippen molar-refractivity contribution in [2.24, 2.45) is 0 Å². The summed E-state index contributed by atoms with van der Waals surface area (Å²) in [5.74, 6) is 28.0. The summed E-state index contributed by atoms with van der Waals surface area (Å²) in [5, 5.41) is 0.